The van der Waals surface area contributed by atoms with Crippen molar-refractivity contribution in [3.05, 3.63) is 35.4 Å². The van der Waals surface area contributed by atoms with Gasteiger partial charge in [0.1, 0.15) is 0 Å². The molecule has 0 spiro atoms. The van der Waals surface area contributed by atoms with E-state index in [9.17, 15) is 9.90 Å². The maximum Gasteiger partial charge on any atom is 0.238 e. The number of amides is 1. The molecule has 110 valence electrons. The number of hydrazine groups is 1. The second-order valence-corrected chi connectivity index (χ2v) is 5.63. The molecule has 5 nitrogen and oxygen atoms in total. The fourth-order valence-electron chi connectivity index (χ4n) is 2.52. The lowest BCUT2D eigenvalue weighted by Gasteiger charge is -2.34. The first kappa shape index (κ1) is 15.0. The van der Waals surface area contributed by atoms with Crippen molar-refractivity contribution >= 4 is 5.91 Å². The number of benzene rings is 1. The molecule has 20 heavy (non-hydrogen) atoms. The maximum atomic E-state index is 11.2. The van der Waals surface area contributed by atoms with Crippen LogP contribution in [0.4, 0.5) is 0 Å². The maximum absolute atomic E-state index is 11.2. The Balaban J connectivity index is 1.89. The number of hydrogen-bond acceptors (Lipinski definition) is 4. The van der Waals surface area contributed by atoms with E-state index in [1.54, 1.807) is 0 Å². The third-order valence-corrected chi connectivity index (χ3v) is 3.96. The van der Waals surface area contributed by atoms with Crippen molar-refractivity contribution in [2.45, 2.75) is 32.4 Å². The summed E-state index contributed by atoms with van der Waals surface area (Å²) in [5.74, 6) is 5.27. The van der Waals surface area contributed by atoms with Crippen molar-refractivity contribution in [3.63, 3.8) is 0 Å². The van der Waals surface area contributed by atoms with Crippen molar-refractivity contribution in [1.82, 2.24) is 10.3 Å². The number of carbonyl (C=O) groups excluding carboxylic acids is 1. The fraction of sp³-hybridized carbons (Fsp3) is 0.533. The molecule has 1 heterocycles. The van der Waals surface area contributed by atoms with E-state index in [1.807, 2.05) is 24.3 Å². The highest BCUT2D eigenvalue weighted by Gasteiger charge is 2.23. The number of nitrogens with two attached hydrogens (primary N) is 1. The molecule has 4 N–H and O–H groups in total. The number of nitrogens with one attached hydrogen (secondary N) is 1. The van der Waals surface area contributed by atoms with E-state index in [4.69, 9.17) is 5.84 Å². The normalized spacial score (nSPS) is 23.6. The van der Waals surface area contributed by atoms with E-state index >= 15 is 0 Å². The Bertz CT molecular complexity index is 447. The average Bonchev–Trinajstić information content (AvgIpc) is 2.45. The van der Waals surface area contributed by atoms with Crippen LogP contribution in [0.1, 0.15) is 24.5 Å². The first-order valence-corrected chi connectivity index (χ1v) is 7.06. The molecule has 1 aromatic rings. The summed E-state index contributed by atoms with van der Waals surface area (Å²) in [4.78, 5) is 13.4. The monoisotopic (exact) mass is 277 g/mol. The number of rotatable bonds is 4. The van der Waals surface area contributed by atoms with Gasteiger partial charge in [-0.3, -0.25) is 15.1 Å². The number of β-amino-alcohol motifs (C(OH)–C–C–N with tert-alkyl or cyclic N) is 1. The highest BCUT2D eigenvalue weighted by atomic mass is 16.3. The van der Waals surface area contributed by atoms with Gasteiger partial charge in [0.25, 0.3) is 0 Å². The SMILES string of the molecule is CC1CCN(Cc2ccc(CC(=O)NN)cc2)CC1O. The van der Waals surface area contributed by atoms with Gasteiger partial charge in [-0.15, -0.1) is 0 Å². The molecule has 0 aliphatic carbocycles. The third-order valence-electron chi connectivity index (χ3n) is 3.96. The van der Waals surface area contributed by atoms with Crippen LogP contribution in [0, 0.1) is 5.92 Å². The zero-order valence-corrected chi connectivity index (χ0v) is 11.9. The topological polar surface area (TPSA) is 78.6 Å². The summed E-state index contributed by atoms with van der Waals surface area (Å²) in [5, 5.41) is 9.90. The highest BCUT2D eigenvalue weighted by Crippen LogP contribution is 2.19. The Labute approximate surface area is 119 Å². The third kappa shape index (κ3) is 4.03. The van der Waals surface area contributed by atoms with E-state index in [-0.39, 0.29) is 12.0 Å². The lowest BCUT2D eigenvalue weighted by Crippen LogP contribution is -2.42. The quantitative estimate of drug-likeness (QED) is 0.423. The number of piperidine rings is 1. The van der Waals surface area contributed by atoms with E-state index in [1.165, 1.54) is 5.56 Å². The molecule has 2 atom stereocenters. The van der Waals surface area contributed by atoms with Gasteiger partial charge in [-0.1, -0.05) is 31.2 Å². The van der Waals surface area contributed by atoms with Gasteiger partial charge in [0.2, 0.25) is 5.91 Å². The van der Waals surface area contributed by atoms with Gasteiger partial charge in [-0.2, -0.15) is 0 Å². The summed E-state index contributed by atoms with van der Waals surface area (Å²) in [6.45, 7) is 4.69. The van der Waals surface area contributed by atoms with Crippen LogP contribution in [0.5, 0.6) is 0 Å². The van der Waals surface area contributed by atoms with Crippen LogP contribution in [0.3, 0.4) is 0 Å². The molecule has 0 aromatic heterocycles. The van der Waals surface area contributed by atoms with Crippen LogP contribution in [0.25, 0.3) is 0 Å². The van der Waals surface area contributed by atoms with Crippen molar-refractivity contribution in [1.29, 1.82) is 0 Å². The molecule has 1 saturated heterocycles. The molecular formula is C15H23N3O2. The van der Waals surface area contributed by atoms with Gasteiger partial charge in [-0.25, -0.2) is 5.84 Å². The first-order valence-electron chi connectivity index (χ1n) is 7.06. The summed E-state index contributed by atoms with van der Waals surface area (Å²) < 4.78 is 0. The van der Waals surface area contributed by atoms with Crippen LogP contribution in [-0.4, -0.2) is 35.1 Å². The van der Waals surface area contributed by atoms with Crippen molar-refractivity contribution in [2.75, 3.05) is 13.1 Å². The van der Waals surface area contributed by atoms with Gasteiger partial charge >= 0.3 is 0 Å². The number of carbonyl (C=O) groups is 1. The van der Waals surface area contributed by atoms with Crippen LogP contribution >= 0.6 is 0 Å². The second-order valence-electron chi connectivity index (χ2n) is 5.63. The summed E-state index contributed by atoms with van der Waals surface area (Å²) in [6, 6.07) is 7.97. The number of hydrogen-bond donors (Lipinski definition) is 3. The van der Waals surface area contributed by atoms with Gasteiger partial charge < -0.3 is 5.11 Å². The summed E-state index contributed by atoms with van der Waals surface area (Å²) in [6.07, 6.45) is 1.11. The molecule has 0 saturated carbocycles. The minimum Gasteiger partial charge on any atom is -0.392 e. The largest absolute Gasteiger partial charge is 0.392 e. The Morgan fingerprint density at radius 3 is 2.65 bits per heavy atom. The van der Waals surface area contributed by atoms with Gasteiger partial charge in [0.05, 0.1) is 12.5 Å². The van der Waals surface area contributed by atoms with Crippen LogP contribution in [0.2, 0.25) is 0 Å². The molecule has 0 bridgehead atoms. The summed E-state index contributed by atoms with van der Waals surface area (Å²) in [7, 11) is 0. The average molecular weight is 277 g/mol. The van der Waals surface area contributed by atoms with E-state index < -0.39 is 0 Å². The standard InChI is InChI=1S/C15H23N3O2/c1-11-6-7-18(10-14(11)19)9-13-4-2-12(3-5-13)8-15(20)17-16/h2-5,11,14,19H,6-10,16H2,1H3,(H,17,20). The van der Waals surface area contributed by atoms with E-state index in [0.29, 0.717) is 12.3 Å². The Kier molecular flexibility index (Phi) is 5.11. The Morgan fingerprint density at radius 1 is 1.40 bits per heavy atom. The zero-order chi connectivity index (χ0) is 14.5. The molecule has 1 aliphatic heterocycles. The predicted molar refractivity (Wildman–Crippen MR) is 77.5 cm³/mol. The molecule has 1 fully saturated rings. The lowest BCUT2D eigenvalue weighted by molar-refractivity contribution is -0.120. The minimum absolute atomic E-state index is 0.189. The van der Waals surface area contributed by atoms with Crippen LogP contribution in [0.15, 0.2) is 24.3 Å². The number of nitrogens with zero attached hydrogens (tertiary/aromatic N) is 1. The van der Waals surface area contributed by atoms with Gasteiger partial charge in [0, 0.05) is 13.1 Å². The smallest absolute Gasteiger partial charge is 0.238 e. The highest BCUT2D eigenvalue weighted by molar-refractivity contribution is 5.77. The van der Waals surface area contributed by atoms with Gasteiger partial charge in [0.15, 0.2) is 0 Å². The minimum atomic E-state index is -0.226. The molecule has 1 aromatic carbocycles. The van der Waals surface area contributed by atoms with E-state index in [0.717, 1.165) is 31.6 Å². The molecule has 1 amide bonds. The molecule has 5 heteroatoms. The number of aliphatic hydroxyl groups excluding tert-OH is 1. The molecule has 1 aliphatic rings. The predicted octanol–water partition coefficient (Wildman–Crippen LogP) is 0.422. The molecular weight excluding hydrogens is 254 g/mol. The zero-order valence-electron chi connectivity index (χ0n) is 11.9. The summed E-state index contributed by atoms with van der Waals surface area (Å²) >= 11 is 0. The molecule has 2 rings (SSSR count). The molecule has 0 radical (unpaired) electrons. The molecule has 2 unspecified atom stereocenters. The number of aliphatic hydroxyl groups is 1. The lowest BCUT2D eigenvalue weighted by atomic mass is 9.95. The van der Waals surface area contributed by atoms with E-state index in [2.05, 4.69) is 17.2 Å². The summed E-state index contributed by atoms with van der Waals surface area (Å²) in [5.41, 5.74) is 4.27. The first-order chi connectivity index (χ1) is 9.58. The Morgan fingerprint density at radius 2 is 2.05 bits per heavy atom. The Hall–Kier alpha value is -1.43. The van der Waals surface area contributed by atoms with Crippen LogP contribution < -0.4 is 11.3 Å². The van der Waals surface area contributed by atoms with Crippen molar-refractivity contribution in [3.8, 4) is 0 Å². The van der Waals surface area contributed by atoms with Crippen molar-refractivity contribution in [2.24, 2.45) is 11.8 Å². The van der Waals surface area contributed by atoms with Crippen molar-refractivity contribution < 1.29 is 9.90 Å². The number of likely N-dealkylation sites (tertiary alicyclic amines) is 1. The van der Waals surface area contributed by atoms with Crippen LogP contribution in [-0.2, 0) is 17.8 Å². The van der Waals surface area contributed by atoms with Gasteiger partial charge in [-0.05, 0) is 30.0 Å². The fourth-order valence-corrected chi connectivity index (χ4v) is 2.52. The second kappa shape index (κ2) is 6.83.